The average Bonchev–Trinajstić information content (AvgIpc) is 3.50. The highest BCUT2D eigenvalue weighted by Gasteiger charge is 2.36. The van der Waals surface area contributed by atoms with Gasteiger partial charge >= 0.3 is 0 Å². The Morgan fingerprint density at radius 2 is 1.29 bits per heavy atom. The van der Waals surface area contributed by atoms with Gasteiger partial charge in [-0.05, 0) is 83.7 Å². The van der Waals surface area contributed by atoms with Crippen molar-refractivity contribution in [3.05, 3.63) is 59.7 Å². The second-order valence-corrected chi connectivity index (χ2v) is 18.6. The van der Waals surface area contributed by atoms with Crippen molar-refractivity contribution in [1.82, 2.24) is 10.6 Å². The normalized spacial score (nSPS) is 22.4. The Hall–Kier alpha value is -0.780. The fourth-order valence-corrected chi connectivity index (χ4v) is 12.9. The van der Waals surface area contributed by atoms with Gasteiger partial charge in [-0.15, -0.1) is 0 Å². The van der Waals surface area contributed by atoms with Gasteiger partial charge in [-0.1, -0.05) is 106 Å². The molecule has 2 aliphatic rings. The van der Waals surface area contributed by atoms with Gasteiger partial charge < -0.3 is 10.6 Å². The maximum absolute atomic E-state index is 3.90. The third-order valence-corrected chi connectivity index (χ3v) is 14.6. The van der Waals surface area contributed by atoms with Crippen LogP contribution in [0.3, 0.4) is 0 Å². The number of benzene rings is 2. The van der Waals surface area contributed by atoms with Gasteiger partial charge in [0.25, 0.3) is 0 Å². The molecule has 2 N–H and O–H groups in total. The molecule has 2 saturated heterocycles. The highest BCUT2D eigenvalue weighted by Crippen LogP contribution is 2.62. The van der Waals surface area contributed by atoms with Gasteiger partial charge in [0.15, 0.2) is 0 Å². The summed E-state index contributed by atoms with van der Waals surface area (Å²) in [7, 11) is -0.302. The van der Waals surface area contributed by atoms with Crippen LogP contribution in [0.2, 0.25) is 0 Å². The Labute approximate surface area is 211 Å². The third kappa shape index (κ3) is 6.50. The molecule has 0 aliphatic carbocycles. The van der Waals surface area contributed by atoms with Crippen LogP contribution in [0.1, 0.15) is 78.4 Å². The van der Waals surface area contributed by atoms with E-state index in [9.17, 15) is 0 Å². The van der Waals surface area contributed by atoms with Crippen LogP contribution in [-0.2, 0) is 12.3 Å². The summed E-state index contributed by atoms with van der Waals surface area (Å²) in [6.07, 6.45) is 7.87. The van der Waals surface area contributed by atoms with Gasteiger partial charge in [0.05, 0.1) is 0 Å². The van der Waals surface area contributed by atoms with Crippen molar-refractivity contribution in [2.45, 2.75) is 101 Å². The summed E-state index contributed by atoms with van der Waals surface area (Å²) in [5.74, 6) is 1.43. The van der Waals surface area contributed by atoms with E-state index in [1.165, 1.54) is 62.2 Å². The molecule has 0 bridgehead atoms. The van der Waals surface area contributed by atoms with Gasteiger partial charge in [-0.3, -0.25) is 0 Å². The minimum atomic E-state index is -0.169. The molecular formula is C30H46N2P2. The maximum atomic E-state index is 3.90. The van der Waals surface area contributed by atoms with E-state index in [1.54, 1.807) is 11.1 Å². The fourth-order valence-electron chi connectivity index (χ4n) is 5.92. The number of nitrogens with one attached hydrogen (secondary N) is 2. The minimum Gasteiger partial charge on any atom is -0.310 e. The van der Waals surface area contributed by atoms with E-state index in [0.717, 1.165) is 0 Å². The van der Waals surface area contributed by atoms with E-state index in [1.807, 2.05) is 0 Å². The molecule has 2 heterocycles. The molecule has 0 amide bonds. The van der Waals surface area contributed by atoms with Crippen LogP contribution in [0.25, 0.3) is 11.1 Å². The molecule has 2 aromatic carbocycles. The summed E-state index contributed by atoms with van der Waals surface area (Å²) in [4.78, 5) is 0. The van der Waals surface area contributed by atoms with Crippen LogP contribution < -0.4 is 10.6 Å². The minimum absolute atomic E-state index is 0.133. The van der Waals surface area contributed by atoms with Crippen molar-refractivity contribution in [2.75, 3.05) is 13.1 Å². The van der Waals surface area contributed by atoms with Gasteiger partial charge in [0.1, 0.15) is 0 Å². The lowest BCUT2D eigenvalue weighted by Gasteiger charge is -2.42. The first-order valence-electron chi connectivity index (χ1n) is 13.3. The van der Waals surface area contributed by atoms with E-state index in [4.69, 9.17) is 0 Å². The Morgan fingerprint density at radius 3 is 1.79 bits per heavy atom. The monoisotopic (exact) mass is 496 g/mol. The van der Waals surface area contributed by atoms with Crippen molar-refractivity contribution < 1.29 is 0 Å². The first-order chi connectivity index (χ1) is 16.1. The van der Waals surface area contributed by atoms with Crippen LogP contribution in [0.15, 0.2) is 48.5 Å². The van der Waals surface area contributed by atoms with Crippen molar-refractivity contribution in [2.24, 2.45) is 0 Å². The van der Waals surface area contributed by atoms with Crippen LogP contribution >= 0.6 is 15.8 Å². The second-order valence-electron chi connectivity index (χ2n) is 12.2. The summed E-state index contributed by atoms with van der Waals surface area (Å²) in [6, 6.07) is 18.4. The van der Waals surface area contributed by atoms with E-state index >= 15 is 0 Å². The molecule has 2 atom stereocenters. The smallest absolute Gasteiger partial charge is 0.0286 e. The van der Waals surface area contributed by atoms with Gasteiger partial charge in [-0.2, -0.15) is 0 Å². The standard InChI is InChI=1S/C30H46N2P2/c1-29(2,3)34(30(4,5)6)22-25-17-16-24(23-12-8-7-9-13-23)20-26(25)21-33(27-14-10-18-31-27)28-15-11-19-32-28/h7-9,12-13,16-17,20,27-28,31-32H,10-11,14-15,18-19,21-22H2,1-6H3. The first kappa shape index (κ1) is 26.3. The van der Waals surface area contributed by atoms with Crippen molar-refractivity contribution in [3.8, 4) is 11.1 Å². The predicted octanol–water partition coefficient (Wildman–Crippen LogP) is 8.33. The van der Waals surface area contributed by atoms with Crippen LogP contribution in [0.4, 0.5) is 0 Å². The maximum Gasteiger partial charge on any atom is 0.0286 e. The molecular weight excluding hydrogens is 450 g/mol. The Morgan fingerprint density at radius 1 is 0.706 bits per heavy atom. The zero-order valence-corrected chi connectivity index (χ0v) is 24.1. The first-order valence-corrected chi connectivity index (χ1v) is 16.5. The zero-order chi connectivity index (χ0) is 24.3. The fraction of sp³-hybridized carbons (Fsp3) is 0.600. The molecule has 0 radical (unpaired) electrons. The lowest BCUT2D eigenvalue weighted by Crippen LogP contribution is -2.30. The topological polar surface area (TPSA) is 24.1 Å². The third-order valence-electron chi connectivity index (χ3n) is 7.48. The summed E-state index contributed by atoms with van der Waals surface area (Å²) < 4.78 is 0. The molecule has 0 saturated carbocycles. The molecule has 2 aliphatic heterocycles. The van der Waals surface area contributed by atoms with E-state index in [0.29, 0.717) is 21.9 Å². The quantitative estimate of drug-likeness (QED) is 0.377. The molecule has 4 rings (SSSR count). The molecule has 0 spiro atoms. The second kappa shape index (κ2) is 11.1. The molecule has 2 aromatic rings. The van der Waals surface area contributed by atoms with E-state index in [2.05, 4.69) is 101 Å². The van der Waals surface area contributed by atoms with Crippen LogP contribution in [-0.4, -0.2) is 35.0 Å². The van der Waals surface area contributed by atoms with Crippen molar-refractivity contribution in [1.29, 1.82) is 0 Å². The Kier molecular flexibility index (Phi) is 8.57. The molecule has 2 unspecified atom stereocenters. The molecule has 2 fully saturated rings. The average molecular weight is 497 g/mol. The predicted molar refractivity (Wildman–Crippen MR) is 155 cm³/mol. The summed E-state index contributed by atoms with van der Waals surface area (Å²) in [6.45, 7) is 17.2. The van der Waals surface area contributed by atoms with Gasteiger partial charge in [0.2, 0.25) is 0 Å². The highest BCUT2D eigenvalue weighted by atomic mass is 31.1. The zero-order valence-electron chi connectivity index (χ0n) is 22.3. The van der Waals surface area contributed by atoms with Crippen LogP contribution in [0.5, 0.6) is 0 Å². The molecule has 186 valence electrons. The summed E-state index contributed by atoms with van der Waals surface area (Å²) >= 11 is 0. The Bertz CT molecular complexity index is 887. The van der Waals surface area contributed by atoms with Crippen molar-refractivity contribution >= 4 is 15.8 Å². The lowest BCUT2D eigenvalue weighted by atomic mass is 10.0. The van der Waals surface area contributed by atoms with Gasteiger partial charge in [0, 0.05) is 11.6 Å². The molecule has 34 heavy (non-hydrogen) atoms. The van der Waals surface area contributed by atoms with Crippen LogP contribution in [0, 0.1) is 0 Å². The lowest BCUT2D eigenvalue weighted by molar-refractivity contribution is 0.702. The summed E-state index contributed by atoms with van der Waals surface area (Å²) in [5.41, 5.74) is 5.95. The number of hydrogen-bond donors (Lipinski definition) is 2. The number of rotatable bonds is 7. The highest BCUT2D eigenvalue weighted by molar-refractivity contribution is 7.60. The SMILES string of the molecule is CC(C)(C)P(Cc1ccc(-c2ccccc2)cc1CP(C1CCCN1)C1CCCN1)C(C)(C)C. The molecule has 4 heteroatoms. The van der Waals surface area contributed by atoms with Crippen molar-refractivity contribution in [3.63, 3.8) is 0 Å². The largest absolute Gasteiger partial charge is 0.310 e. The van der Waals surface area contributed by atoms with E-state index < -0.39 is 0 Å². The van der Waals surface area contributed by atoms with Gasteiger partial charge in [-0.25, -0.2) is 0 Å². The Balaban J connectivity index is 1.72. The molecule has 0 aromatic heterocycles. The number of hydrogen-bond acceptors (Lipinski definition) is 2. The molecule has 2 nitrogen and oxygen atoms in total. The summed E-state index contributed by atoms with van der Waals surface area (Å²) in [5, 5.41) is 8.49. The van der Waals surface area contributed by atoms with E-state index in [-0.39, 0.29) is 15.8 Å².